The van der Waals surface area contributed by atoms with Gasteiger partial charge in [-0.15, -0.1) is 0 Å². The van der Waals surface area contributed by atoms with Gasteiger partial charge in [-0.2, -0.15) is 0 Å². The number of urea groups is 1. The Bertz CT molecular complexity index is 1180. The number of esters is 1. The van der Waals surface area contributed by atoms with Crippen molar-refractivity contribution >= 4 is 23.6 Å². The fraction of sp³-hybridized carbons (Fsp3) is 0.154. The zero-order valence-electron chi connectivity index (χ0n) is 17.7. The summed E-state index contributed by atoms with van der Waals surface area (Å²) in [5, 5.41) is 6.14. The highest BCUT2D eigenvalue weighted by atomic mass is 35.5. The number of hydrogen-bond acceptors (Lipinski definition) is 3. The lowest BCUT2D eigenvalue weighted by Crippen LogP contribution is -2.46. The van der Waals surface area contributed by atoms with Crippen LogP contribution in [0, 0.1) is 5.82 Å². The Hall–Kier alpha value is -3.64. The molecule has 3 aromatic carbocycles. The van der Waals surface area contributed by atoms with Crippen molar-refractivity contribution in [2.45, 2.75) is 25.5 Å². The van der Waals surface area contributed by atoms with E-state index in [0.717, 1.165) is 11.1 Å². The summed E-state index contributed by atoms with van der Waals surface area (Å²) < 4.78 is 19.1. The minimum atomic E-state index is -0.767. The van der Waals surface area contributed by atoms with Crippen molar-refractivity contribution in [3.05, 3.63) is 118 Å². The Kier molecular flexibility index (Phi) is 7.05. The first-order valence-electron chi connectivity index (χ1n) is 10.5. The monoisotopic (exact) mass is 464 g/mol. The van der Waals surface area contributed by atoms with E-state index < -0.39 is 23.9 Å². The van der Waals surface area contributed by atoms with Gasteiger partial charge in [0.05, 0.1) is 11.6 Å². The number of rotatable bonds is 7. The topological polar surface area (TPSA) is 67.4 Å². The first kappa shape index (κ1) is 22.6. The highest BCUT2D eigenvalue weighted by Gasteiger charge is 2.33. The number of carbonyl (C=O) groups is 2. The zero-order chi connectivity index (χ0) is 23.2. The van der Waals surface area contributed by atoms with E-state index in [0.29, 0.717) is 34.7 Å². The summed E-state index contributed by atoms with van der Waals surface area (Å²) in [6, 6.07) is 21.2. The van der Waals surface area contributed by atoms with Crippen LogP contribution in [0.4, 0.5) is 9.18 Å². The molecule has 0 aliphatic carbocycles. The van der Waals surface area contributed by atoms with Gasteiger partial charge in [0, 0.05) is 10.7 Å². The lowest BCUT2D eigenvalue weighted by atomic mass is 9.93. The fourth-order valence-electron chi connectivity index (χ4n) is 3.72. The largest absolute Gasteiger partial charge is 0.457 e. The standard InChI is InChI=1S/C26H22ClFN2O3/c27-20-8-4-7-17(15-20)9-14-22-23(25(31)33-16-18-5-2-1-3-6-18)24(30-26(32)29-22)19-10-12-21(28)13-11-19/h1-8,10-13,15,24H,9,14,16H2,(H2,29,30,32). The third-order valence-electron chi connectivity index (χ3n) is 5.34. The molecule has 0 spiro atoms. The molecule has 2 amide bonds. The predicted molar refractivity (Wildman–Crippen MR) is 124 cm³/mol. The average molecular weight is 465 g/mol. The van der Waals surface area contributed by atoms with E-state index in [1.807, 2.05) is 48.5 Å². The predicted octanol–water partition coefficient (Wildman–Crippen LogP) is 5.46. The molecule has 33 heavy (non-hydrogen) atoms. The maximum Gasteiger partial charge on any atom is 0.338 e. The van der Waals surface area contributed by atoms with Crippen LogP contribution in [-0.4, -0.2) is 12.0 Å². The second-order valence-electron chi connectivity index (χ2n) is 7.67. The third-order valence-corrected chi connectivity index (χ3v) is 5.58. The van der Waals surface area contributed by atoms with E-state index in [9.17, 15) is 14.0 Å². The number of benzene rings is 3. The Morgan fingerprint density at radius 3 is 2.39 bits per heavy atom. The maximum atomic E-state index is 13.5. The number of halogens is 2. The molecule has 1 aliphatic rings. The SMILES string of the molecule is O=C1NC(CCc2cccc(Cl)c2)=C(C(=O)OCc2ccccc2)C(c2ccc(F)cc2)N1. The van der Waals surface area contributed by atoms with Gasteiger partial charge in [0.15, 0.2) is 0 Å². The molecule has 4 rings (SSSR count). The zero-order valence-corrected chi connectivity index (χ0v) is 18.4. The molecule has 1 heterocycles. The van der Waals surface area contributed by atoms with Gasteiger partial charge in [-0.25, -0.2) is 14.0 Å². The van der Waals surface area contributed by atoms with Crippen molar-refractivity contribution in [1.29, 1.82) is 0 Å². The minimum Gasteiger partial charge on any atom is -0.457 e. The van der Waals surface area contributed by atoms with Crippen molar-refractivity contribution in [3.63, 3.8) is 0 Å². The number of allylic oxidation sites excluding steroid dienone is 1. The number of hydrogen-bond donors (Lipinski definition) is 2. The van der Waals surface area contributed by atoms with Gasteiger partial charge in [-0.3, -0.25) is 0 Å². The van der Waals surface area contributed by atoms with Crippen molar-refractivity contribution in [2.75, 3.05) is 0 Å². The van der Waals surface area contributed by atoms with Gasteiger partial charge in [0.2, 0.25) is 0 Å². The first-order chi connectivity index (χ1) is 16.0. The summed E-state index contributed by atoms with van der Waals surface area (Å²) in [5.41, 5.74) is 3.15. The van der Waals surface area contributed by atoms with Gasteiger partial charge < -0.3 is 15.4 Å². The molecule has 0 saturated carbocycles. The van der Waals surface area contributed by atoms with Crippen molar-refractivity contribution in [2.24, 2.45) is 0 Å². The molecule has 2 N–H and O–H groups in total. The highest BCUT2D eigenvalue weighted by molar-refractivity contribution is 6.30. The molecule has 1 atom stereocenters. The average Bonchev–Trinajstić information content (AvgIpc) is 2.82. The molecule has 0 bridgehead atoms. The molecule has 0 fully saturated rings. The van der Waals surface area contributed by atoms with Crippen LogP contribution in [-0.2, 0) is 22.6 Å². The summed E-state index contributed by atoms with van der Waals surface area (Å²) in [4.78, 5) is 25.7. The van der Waals surface area contributed by atoms with Gasteiger partial charge in [0.1, 0.15) is 12.4 Å². The number of ether oxygens (including phenoxy) is 1. The molecule has 3 aromatic rings. The van der Waals surface area contributed by atoms with E-state index in [1.54, 1.807) is 18.2 Å². The molecule has 5 nitrogen and oxygen atoms in total. The van der Waals surface area contributed by atoms with E-state index in [-0.39, 0.29) is 6.61 Å². The quantitative estimate of drug-likeness (QED) is 0.456. The van der Waals surface area contributed by atoms with Crippen LogP contribution < -0.4 is 10.6 Å². The van der Waals surface area contributed by atoms with Gasteiger partial charge >= 0.3 is 12.0 Å². The Morgan fingerprint density at radius 1 is 0.939 bits per heavy atom. The van der Waals surface area contributed by atoms with Crippen molar-refractivity contribution < 1.29 is 18.7 Å². The molecule has 7 heteroatoms. The minimum absolute atomic E-state index is 0.0921. The summed E-state index contributed by atoms with van der Waals surface area (Å²) in [6.07, 6.45) is 0.947. The number of aryl methyl sites for hydroxylation is 1. The maximum absolute atomic E-state index is 13.5. The second kappa shape index (κ2) is 10.3. The third kappa shape index (κ3) is 5.79. The summed E-state index contributed by atoms with van der Waals surface area (Å²) in [5.74, 6) is -0.959. The van der Waals surface area contributed by atoms with E-state index >= 15 is 0 Å². The Balaban J connectivity index is 1.65. The van der Waals surface area contributed by atoms with Crippen molar-refractivity contribution in [1.82, 2.24) is 10.6 Å². The van der Waals surface area contributed by atoms with Gasteiger partial charge in [-0.05, 0) is 53.8 Å². The molecular formula is C26H22ClFN2O3. The first-order valence-corrected chi connectivity index (χ1v) is 10.9. The normalized spacial score (nSPS) is 15.6. The van der Waals surface area contributed by atoms with Crippen LogP contribution in [0.2, 0.25) is 5.02 Å². The number of amides is 2. The highest BCUT2D eigenvalue weighted by Crippen LogP contribution is 2.30. The fourth-order valence-corrected chi connectivity index (χ4v) is 3.94. The lowest BCUT2D eigenvalue weighted by Gasteiger charge is -2.29. The van der Waals surface area contributed by atoms with Crippen LogP contribution >= 0.6 is 11.6 Å². The van der Waals surface area contributed by atoms with Crippen LogP contribution in [0.15, 0.2) is 90.1 Å². The molecule has 0 aromatic heterocycles. The Morgan fingerprint density at radius 2 is 1.67 bits per heavy atom. The van der Waals surface area contributed by atoms with Gasteiger partial charge in [0.25, 0.3) is 0 Å². The molecule has 0 radical (unpaired) electrons. The number of nitrogens with one attached hydrogen (secondary N) is 2. The molecule has 168 valence electrons. The van der Waals surface area contributed by atoms with E-state index in [1.165, 1.54) is 12.1 Å². The van der Waals surface area contributed by atoms with Crippen LogP contribution in [0.1, 0.15) is 29.2 Å². The van der Waals surface area contributed by atoms with Crippen LogP contribution in [0.5, 0.6) is 0 Å². The molecule has 1 unspecified atom stereocenters. The van der Waals surface area contributed by atoms with Gasteiger partial charge in [-0.1, -0.05) is 66.2 Å². The summed E-state index contributed by atoms with van der Waals surface area (Å²) in [7, 11) is 0. The molecular weight excluding hydrogens is 443 g/mol. The second-order valence-corrected chi connectivity index (χ2v) is 8.10. The Labute approximate surface area is 196 Å². The molecule has 1 aliphatic heterocycles. The summed E-state index contributed by atoms with van der Waals surface area (Å²) in [6.45, 7) is 0.0921. The smallest absolute Gasteiger partial charge is 0.338 e. The van der Waals surface area contributed by atoms with Crippen LogP contribution in [0.3, 0.4) is 0 Å². The van der Waals surface area contributed by atoms with Crippen molar-refractivity contribution in [3.8, 4) is 0 Å². The van der Waals surface area contributed by atoms with Crippen LogP contribution in [0.25, 0.3) is 0 Å². The van der Waals surface area contributed by atoms with E-state index in [2.05, 4.69) is 10.6 Å². The lowest BCUT2D eigenvalue weighted by molar-refractivity contribution is -0.140. The number of carbonyl (C=O) groups excluding carboxylic acids is 2. The van der Waals surface area contributed by atoms with E-state index in [4.69, 9.17) is 16.3 Å². The molecule has 0 saturated heterocycles. The summed E-state index contributed by atoms with van der Waals surface area (Å²) >= 11 is 6.09.